The van der Waals surface area contributed by atoms with Gasteiger partial charge in [-0.15, -0.1) is 5.10 Å². The Bertz CT molecular complexity index is 910. The molecule has 0 radical (unpaired) electrons. The molecule has 126 valence electrons. The molecule has 0 aliphatic heterocycles. The number of rotatable bonds is 6. The molecular weight excluding hydrogens is 312 g/mol. The lowest BCUT2D eigenvalue weighted by molar-refractivity contribution is 0.922. The van der Waals surface area contributed by atoms with Crippen molar-refractivity contribution < 1.29 is 0 Å². The highest BCUT2D eigenvalue weighted by molar-refractivity contribution is 5.70. The number of anilines is 1. The average molecular weight is 332 g/mol. The maximum absolute atomic E-state index is 4.53. The summed E-state index contributed by atoms with van der Waals surface area (Å²) in [6.45, 7) is 8.33. The van der Waals surface area contributed by atoms with Crippen LogP contribution in [0.3, 0.4) is 0 Å². The molecule has 3 aromatic rings. The summed E-state index contributed by atoms with van der Waals surface area (Å²) in [5, 5.41) is 18.5. The van der Waals surface area contributed by atoms with Gasteiger partial charge in [0.2, 0.25) is 5.95 Å². The molecule has 0 aliphatic rings. The number of hydrogen-bond acceptors (Lipinski definition) is 5. The maximum atomic E-state index is 4.53. The van der Waals surface area contributed by atoms with Crippen LogP contribution in [0.15, 0.2) is 55.3 Å². The molecule has 6 nitrogen and oxygen atoms in total. The molecule has 2 aromatic heterocycles. The third-order valence-corrected chi connectivity index (χ3v) is 3.77. The van der Waals surface area contributed by atoms with E-state index in [1.54, 1.807) is 12.3 Å². The van der Waals surface area contributed by atoms with Crippen LogP contribution in [0.4, 0.5) is 5.95 Å². The van der Waals surface area contributed by atoms with Crippen molar-refractivity contribution in [2.75, 3.05) is 5.32 Å². The Labute approximate surface area is 146 Å². The summed E-state index contributed by atoms with van der Waals surface area (Å²) >= 11 is 0. The number of aryl methyl sites for hydroxylation is 1. The van der Waals surface area contributed by atoms with Gasteiger partial charge >= 0.3 is 0 Å². The summed E-state index contributed by atoms with van der Waals surface area (Å²) in [7, 11) is 0. The molecule has 3 rings (SSSR count). The first kappa shape index (κ1) is 16.6. The van der Waals surface area contributed by atoms with Gasteiger partial charge in [-0.2, -0.15) is 10.2 Å². The van der Waals surface area contributed by atoms with E-state index in [0.717, 1.165) is 28.2 Å². The number of aromatic amines is 1. The zero-order valence-electron chi connectivity index (χ0n) is 14.3. The van der Waals surface area contributed by atoms with E-state index < -0.39 is 0 Å². The molecular formula is C19H20N6. The number of H-pyrrole nitrogens is 1. The second kappa shape index (κ2) is 7.53. The van der Waals surface area contributed by atoms with Crippen molar-refractivity contribution in [3.63, 3.8) is 0 Å². The Kier molecular flexibility index (Phi) is 4.99. The molecule has 0 atom stereocenters. The predicted octanol–water partition coefficient (Wildman–Crippen LogP) is 3.77. The van der Waals surface area contributed by atoms with E-state index in [1.807, 2.05) is 31.2 Å². The monoisotopic (exact) mass is 332 g/mol. The van der Waals surface area contributed by atoms with Crippen LogP contribution in [0.1, 0.15) is 23.9 Å². The van der Waals surface area contributed by atoms with E-state index in [4.69, 9.17) is 0 Å². The van der Waals surface area contributed by atoms with Crippen molar-refractivity contribution in [2.45, 2.75) is 20.4 Å². The number of allylic oxidation sites excluding steroid dienone is 3. The van der Waals surface area contributed by atoms with Crippen molar-refractivity contribution in [3.05, 3.63) is 72.2 Å². The molecule has 1 aromatic carbocycles. The summed E-state index contributed by atoms with van der Waals surface area (Å²) in [4.78, 5) is 4.53. The number of aromatic nitrogens is 5. The first-order chi connectivity index (χ1) is 12.2. The normalized spacial score (nSPS) is 11.4. The zero-order valence-corrected chi connectivity index (χ0v) is 14.3. The van der Waals surface area contributed by atoms with E-state index in [1.165, 1.54) is 5.56 Å². The minimum Gasteiger partial charge on any atom is -0.347 e. The van der Waals surface area contributed by atoms with Crippen LogP contribution >= 0.6 is 0 Å². The summed E-state index contributed by atoms with van der Waals surface area (Å²) in [6, 6.07) is 10.1. The predicted molar refractivity (Wildman–Crippen MR) is 99.8 cm³/mol. The summed E-state index contributed by atoms with van der Waals surface area (Å²) < 4.78 is 0. The number of hydrogen-bond donors (Lipinski definition) is 2. The van der Waals surface area contributed by atoms with E-state index in [9.17, 15) is 0 Å². The lowest BCUT2D eigenvalue weighted by atomic mass is 10.1. The molecule has 0 saturated carbocycles. The smallest absolute Gasteiger partial charge is 0.243 e. The fourth-order valence-electron chi connectivity index (χ4n) is 2.47. The van der Waals surface area contributed by atoms with Crippen molar-refractivity contribution in [1.29, 1.82) is 0 Å². The molecule has 0 aliphatic carbocycles. The highest BCUT2D eigenvalue weighted by Gasteiger charge is 2.06. The third kappa shape index (κ3) is 3.98. The molecule has 0 spiro atoms. The minimum absolute atomic E-state index is 0.477. The Hall–Kier alpha value is -3.28. The lowest BCUT2D eigenvalue weighted by Crippen LogP contribution is -2.05. The Morgan fingerprint density at radius 1 is 1.32 bits per heavy atom. The number of nitrogens with one attached hydrogen (secondary N) is 2. The molecule has 0 bridgehead atoms. The lowest BCUT2D eigenvalue weighted by Gasteiger charge is -2.05. The first-order valence-corrected chi connectivity index (χ1v) is 8.03. The van der Waals surface area contributed by atoms with E-state index >= 15 is 0 Å². The number of nitrogens with zero attached hydrogens (tertiary/aromatic N) is 4. The highest BCUT2D eigenvalue weighted by atomic mass is 15.2. The molecule has 0 fully saturated rings. The van der Waals surface area contributed by atoms with Crippen LogP contribution in [0.5, 0.6) is 0 Å². The largest absolute Gasteiger partial charge is 0.347 e. The maximum Gasteiger partial charge on any atom is 0.243 e. The van der Waals surface area contributed by atoms with Gasteiger partial charge in [0, 0.05) is 5.56 Å². The van der Waals surface area contributed by atoms with E-state index in [0.29, 0.717) is 12.5 Å². The highest BCUT2D eigenvalue weighted by Crippen LogP contribution is 2.18. The number of benzene rings is 1. The topological polar surface area (TPSA) is 79.4 Å². The van der Waals surface area contributed by atoms with Crippen molar-refractivity contribution in [2.24, 2.45) is 0 Å². The second-order valence-electron chi connectivity index (χ2n) is 5.61. The van der Waals surface area contributed by atoms with Gasteiger partial charge in [-0.1, -0.05) is 42.5 Å². The molecule has 0 saturated heterocycles. The Balaban J connectivity index is 1.72. The van der Waals surface area contributed by atoms with Gasteiger partial charge in [-0.3, -0.25) is 5.10 Å². The van der Waals surface area contributed by atoms with Crippen molar-refractivity contribution >= 4 is 11.5 Å². The summed E-state index contributed by atoms with van der Waals surface area (Å²) in [5.41, 5.74) is 5.77. The van der Waals surface area contributed by atoms with Gasteiger partial charge in [0.15, 0.2) is 0 Å². The Morgan fingerprint density at radius 2 is 2.20 bits per heavy atom. The van der Waals surface area contributed by atoms with E-state index in [-0.39, 0.29) is 0 Å². The van der Waals surface area contributed by atoms with Crippen molar-refractivity contribution in [1.82, 2.24) is 25.4 Å². The van der Waals surface area contributed by atoms with Gasteiger partial charge in [-0.05, 0) is 31.6 Å². The molecule has 6 heteroatoms. The van der Waals surface area contributed by atoms with Gasteiger partial charge in [-0.25, -0.2) is 4.98 Å². The van der Waals surface area contributed by atoms with Gasteiger partial charge in [0.05, 0.1) is 29.8 Å². The van der Waals surface area contributed by atoms with Gasteiger partial charge in [0.1, 0.15) is 0 Å². The van der Waals surface area contributed by atoms with Crippen LogP contribution in [-0.2, 0) is 6.54 Å². The van der Waals surface area contributed by atoms with Crippen molar-refractivity contribution in [3.8, 4) is 11.3 Å². The van der Waals surface area contributed by atoms with E-state index in [2.05, 4.69) is 56.3 Å². The fourth-order valence-corrected chi connectivity index (χ4v) is 2.47. The fraction of sp³-hybridized carbons (Fsp3) is 0.158. The second-order valence-corrected chi connectivity index (χ2v) is 5.61. The van der Waals surface area contributed by atoms with Crippen LogP contribution in [0, 0.1) is 6.92 Å². The minimum atomic E-state index is 0.477. The molecule has 0 amide bonds. The quantitative estimate of drug-likeness (QED) is 0.672. The van der Waals surface area contributed by atoms with Crippen LogP contribution in [-0.4, -0.2) is 25.4 Å². The molecule has 2 N–H and O–H groups in total. The standard InChI is InChI=1S/C19H20N6/c1-4-14(5-2)17-10-16(23-24-17)11-20-19-22-18(12-21-25-19)15-8-6-7-13(3)9-15/h4-10,12H,1,11H2,2-3H3,(H,23,24)(H,20,22,25). The molecule has 25 heavy (non-hydrogen) atoms. The van der Waals surface area contributed by atoms with Crippen LogP contribution in [0.2, 0.25) is 0 Å². The zero-order chi connectivity index (χ0) is 17.6. The molecule has 2 heterocycles. The van der Waals surface area contributed by atoms with Crippen LogP contribution < -0.4 is 5.32 Å². The SMILES string of the molecule is C=CC(=CC)c1cc(CNc2nncc(-c3cccc(C)c3)n2)[nH]n1. The van der Waals surface area contributed by atoms with Gasteiger partial charge < -0.3 is 5.32 Å². The Morgan fingerprint density at radius 3 is 2.96 bits per heavy atom. The summed E-state index contributed by atoms with van der Waals surface area (Å²) in [5.74, 6) is 0.477. The average Bonchev–Trinajstić information content (AvgIpc) is 3.10. The van der Waals surface area contributed by atoms with Gasteiger partial charge in [0.25, 0.3) is 0 Å². The summed E-state index contributed by atoms with van der Waals surface area (Å²) in [6.07, 6.45) is 5.42. The first-order valence-electron chi connectivity index (χ1n) is 8.03. The van der Waals surface area contributed by atoms with Crippen LogP contribution in [0.25, 0.3) is 16.8 Å². The molecule has 0 unspecified atom stereocenters. The third-order valence-electron chi connectivity index (χ3n) is 3.77.